The minimum Gasteiger partial charge on any atom is -0.308 e. The van der Waals surface area contributed by atoms with Gasteiger partial charge in [0.25, 0.3) is 0 Å². The van der Waals surface area contributed by atoms with Crippen molar-refractivity contribution in [2.75, 3.05) is 18.1 Å². The maximum Gasteiger partial charge on any atom is 0.436 e. The van der Waals surface area contributed by atoms with Gasteiger partial charge in [0.15, 0.2) is 5.69 Å². The molecule has 0 bridgehead atoms. The number of fused-ring (bicyclic) bond motifs is 1. The average molecular weight is 500 g/mol. The van der Waals surface area contributed by atoms with E-state index in [0.29, 0.717) is 30.6 Å². The molecular formula is C23H26ClF4N5O. The Morgan fingerprint density at radius 3 is 2.65 bits per heavy atom. The number of alkyl halides is 4. The highest BCUT2D eigenvalue weighted by Crippen LogP contribution is 2.35. The zero-order valence-corrected chi connectivity index (χ0v) is 19.9. The molecule has 2 aromatic rings. The van der Waals surface area contributed by atoms with Crippen LogP contribution in [0, 0.1) is 6.92 Å². The third-order valence-electron chi connectivity index (χ3n) is 5.52. The molecule has 0 radical (unpaired) electrons. The molecule has 0 N–H and O–H groups in total. The number of allylic oxidation sites excluding steroid dienone is 6. The molecule has 0 atom stereocenters. The largest absolute Gasteiger partial charge is 0.436 e. The van der Waals surface area contributed by atoms with E-state index < -0.39 is 29.5 Å². The van der Waals surface area contributed by atoms with E-state index >= 15 is 0 Å². The fourth-order valence-corrected chi connectivity index (χ4v) is 3.94. The number of carbonyl (C=O) groups excluding carboxylic acids is 1. The number of nitrogens with zero attached hydrogens (tertiary/aromatic N) is 5. The van der Waals surface area contributed by atoms with Gasteiger partial charge in [-0.3, -0.25) is 9.48 Å². The molecule has 1 amide bonds. The predicted molar refractivity (Wildman–Crippen MR) is 123 cm³/mol. The van der Waals surface area contributed by atoms with Gasteiger partial charge in [0.2, 0.25) is 5.91 Å². The molecule has 2 aromatic heterocycles. The fourth-order valence-electron chi connectivity index (χ4n) is 3.70. The predicted octanol–water partition coefficient (Wildman–Crippen LogP) is 5.76. The maximum absolute atomic E-state index is 13.2. The molecule has 34 heavy (non-hydrogen) atoms. The summed E-state index contributed by atoms with van der Waals surface area (Å²) < 4.78 is 55.2. The number of aromatic nitrogens is 4. The van der Waals surface area contributed by atoms with Gasteiger partial charge in [-0.25, -0.2) is 9.07 Å². The van der Waals surface area contributed by atoms with E-state index in [4.69, 9.17) is 11.6 Å². The molecular weight excluding hydrogens is 474 g/mol. The first kappa shape index (κ1) is 25.7. The molecule has 6 nitrogen and oxygen atoms in total. The van der Waals surface area contributed by atoms with Gasteiger partial charge in [-0.05, 0) is 44.8 Å². The van der Waals surface area contributed by atoms with Gasteiger partial charge >= 0.3 is 6.18 Å². The van der Waals surface area contributed by atoms with Crippen LogP contribution >= 0.6 is 11.6 Å². The highest BCUT2D eigenvalue weighted by molar-refractivity contribution is 6.32. The summed E-state index contributed by atoms with van der Waals surface area (Å²) in [5, 5.41) is 7.40. The van der Waals surface area contributed by atoms with Gasteiger partial charge in [-0.1, -0.05) is 36.8 Å². The smallest absolute Gasteiger partial charge is 0.308 e. The lowest BCUT2D eigenvalue weighted by Crippen LogP contribution is -2.38. The Balaban J connectivity index is 1.84. The second kappa shape index (κ2) is 10.6. The highest BCUT2D eigenvalue weighted by Gasteiger charge is 2.38. The third-order valence-corrected chi connectivity index (χ3v) is 5.97. The lowest BCUT2D eigenvalue weighted by molar-refractivity contribution is -0.141. The Morgan fingerprint density at radius 2 is 2.03 bits per heavy atom. The van der Waals surface area contributed by atoms with Gasteiger partial charge in [0.05, 0.1) is 28.3 Å². The summed E-state index contributed by atoms with van der Waals surface area (Å²) in [6.07, 6.45) is 6.04. The molecule has 184 valence electrons. The summed E-state index contributed by atoms with van der Waals surface area (Å²) in [5.41, 5.74) is 1.54. The van der Waals surface area contributed by atoms with Crippen molar-refractivity contribution < 1.29 is 22.4 Å². The van der Waals surface area contributed by atoms with E-state index in [1.165, 1.54) is 11.8 Å². The molecule has 0 spiro atoms. The van der Waals surface area contributed by atoms with E-state index in [-0.39, 0.29) is 12.2 Å². The molecule has 0 fully saturated rings. The SMILES string of the molecule is CCC=C/C(=C\C=C(/C)n1ncc2c1CCCN2C(=O)Cn1nc(C(F)(F)F)c(Cl)c1C)CF. The van der Waals surface area contributed by atoms with E-state index in [0.717, 1.165) is 22.5 Å². The van der Waals surface area contributed by atoms with Gasteiger partial charge in [-0.15, -0.1) is 0 Å². The molecule has 11 heteroatoms. The van der Waals surface area contributed by atoms with E-state index in [1.807, 2.05) is 19.9 Å². The van der Waals surface area contributed by atoms with Crippen molar-refractivity contribution in [2.45, 2.75) is 52.8 Å². The molecule has 0 saturated carbocycles. The first-order chi connectivity index (χ1) is 16.1. The monoisotopic (exact) mass is 499 g/mol. The number of anilines is 1. The number of rotatable bonds is 7. The molecule has 3 heterocycles. The van der Waals surface area contributed by atoms with Crippen LogP contribution in [0.1, 0.15) is 43.8 Å². The number of amides is 1. The van der Waals surface area contributed by atoms with Crippen molar-refractivity contribution in [3.8, 4) is 0 Å². The topological polar surface area (TPSA) is 56.0 Å². The zero-order valence-electron chi connectivity index (χ0n) is 19.2. The van der Waals surface area contributed by atoms with Crippen LogP contribution in [0.5, 0.6) is 0 Å². The lowest BCUT2D eigenvalue weighted by Gasteiger charge is -2.27. The Kier molecular flexibility index (Phi) is 8.01. The van der Waals surface area contributed by atoms with Crippen LogP contribution in [-0.2, 0) is 23.9 Å². The first-order valence-electron chi connectivity index (χ1n) is 10.9. The minimum absolute atomic E-state index is 0.0709. The standard InChI is InChI=1S/C23H26ClF4N5O/c1-4-5-7-17(12-25)10-9-15(2)33-18-8-6-11-31(19(18)13-29-33)20(34)14-32-16(3)21(24)22(30-32)23(26,27)28/h5,7,9-10,13H,4,6,8,11-12,14H2,1-3H3/b7-5?,15-9+,17-10+. The normalized spacial score (nSPS) is 15.4. The van der Waals surface area contributed by atoms with Crippen LogP contribution in [0.3, 0.4) is 0 Å². The van der Waals surface area contributed by atoms with Crippen LogP contribution < -0.4 is 4.90 Å². The Bertz CT molecular complexity index is 1140. The first-order valence-corrected chi connectivity index (χ1v) is 11.2. The second-order valence-electron chi connectivity index (χ2n) is 7.93. The lowest BCUT2D eigenvalue weighted by atomic mass is 10.1. The molecule has 3 rings (SSSR count). The minimum atomic E-state index is -4.71. The van der Waals surface area contributed by atoms with Crippen molar-refractivity contribution in [2.24, 2.45) is 0 Å². The molecule has 0 aliphatic carbocycles. The average Bonchev–Trinajstić information content (AvgIpc) is 3.35. The van der Waals surface area contributed by atoms with Crippen molar-refractivity contribution in [1.29, 1.82) is 0 Å². The summed E-state index contributed by atoms with van der Waals surface area (Å²) in [5.74, 6) is -0.414. The second-order valence-corrected chi connectivity index (χ2v) is 8.31. The van der Waals surface area contributed by atoms with E-state index in [2.05, 4.69) is 10.2 Å². The van der Waals surface area contributed by atoms with Crippen LogP contribution in [0.2, 0.25) is 5.02 Å². The van der Waals surface area contributed by atoms with Gasteiger partial charge < -0.3 is 4.90 Å². The number of hydrogen-bond donors (Lipinski definition) is 0. The molecule has 0 aromatic carbocycles. The summed E-state index contributed by atoms with van der Waals surface area (Å²) in [7, 11) is 0. The Hall–Kier alpha value is -2.88. The summed E-state index contributed by atoms with van der Waals surface area (Å²) in [6.45, 7) is 4.63. The van der Waals surface area contributed by atoms with Crippen molar-refractivity contribution in [1.82, 2.24) is 19.6 Å². The maximum atomic E-state index is 13.2. The van der Waals surface area contributed by atoms with E-state index in [1.54, 1.807) is 29.1 Å². The molecule has 1 aliphatic heterocycles. The van der Waals surface area contributed by atoms with Crippen molar-refractivity contribution >= 4 is 28.9 Å². The van der Waals surface area contributed by atoms with Crippen molar-refractivity contribution in [3.63, 3.8) is 0 Å². The number of halogens is 5. The fraction of sp³-hybridized carbons (Fsp3) is 0.435. The quantitative estimate of drug-likeness (QED) is 0.359. The van der Waals surface area contributed by atoms with E-state index in [9.17, 15) is 22.4 Å². The van der Waals surface area contributed by atoms with Crippen LogP contribution in [0.25, 0.3) is 5.70 Å². The highest BCUT2D eigenvalue weighted by atomic mass is 35.5. The molecule has 0 saturated heterocycles. The zero-order chi connectivity index (χ0) is 25.0. The number of carbonyl (C=O) groups is 1. The number of hydrogen-bond acceptors (Lipinski definition) is 3. The summed E-state index contributed by atoms with van der Waals surface area (Å²) in [4.78, 5) is 14.5. The molecule has 1 aliphatic rings. The Labute approximate surface area is 200 Å². The van der Waals surface area contributed by atoms with Crippen LogP contribution in [0.15, 0.2) is 36.1 Å². The Morgan fingerprint density at radius 1 is 1.29 bits per heavy atom. The van der Waals surface area contributed by atoms with Crippen LogP contribution in [0.4, 0.5) is 23.2 Å². The molecule has 0 unspecified atom stereocenters. The van der Waals surface area contributed by atoms with Gasteiger partial charge in [0, 0.05) is 12.2 Å². The van der Waals surface area contributed by atoms with Gasteiger partial charge in [0.1, 0.15) is 13.2 Å². The summed E-state index contributed by atoms with van der Waals surface area (Å²) >= 11 is 5.80. The third kappa shape index (κ3) is 5.43. The van der Waals surface area contributed by atoms with Crippen molar-refractivity contribution in [3.05, 3.63) is 58.2 Å². The summed E-state index contributed by atoms with van der Waals surface area (Å²) in [6, 6.07) is 0. The van der Waals surface area contributed by atoms with Gasteiger partial charge in [-0.2, -0.15) is 23.4 Å². The van der Waals surface area contributed by atoms with Crippen LogP contribution in [-0.4, -0.2) is 38.7 Å².